The third kappa shape index (κ3) is 5.32. The summed E-state index contributed by atoms with van der Waals surface area (Å²) in [4.78, 5) is 21.5. The van der Waals surface area contributed by atoms with E-state index in [0.717, 1.165) is 31.7 Å². The maximum atomic E-state index is 13.2. The van der Waals surface area contributed by atoms with Crippen molar-refractivity contribution in [2.75, 3.05) is 31.5 Å². The number of hydrogen-bond donors (Lipinski definition) is 1. The van der Waals surface area contributed by atoms with E-state index >= 15 is 0 Å². The van der Waals surface area contributed by atoms with Crippen LogP contribution in [0.25, 0.3) is 11.4 Å². The summed E-state index contributed by atoms with van der Waals surface area (Å²) in [6.45, 7) is 7.46. The number of piperazine rings is 1. The van der Waals surface area contributed by atoms with Crippen molar-refractivity contribution in [2.45, 2.75) is 26.4 Å². The van der Waals surface area contributed by atoms with E-state index in [1.807, 2.05) is 38.1 Å². The number of hydrogen-bond acceptors (Lipinski definition) is 6. The molecule has 0 bridgehead atoms. The Hall–Kier alpha value is -2.81. The summed E-state index contributed by atoms with van der Waals surface area (Å²) < 4.78 is 18.6. The Morgan fingerprint density at radius 1 is 1.19 bits per heavy atom. The van der Waals surface area contributed by atoms with Gasteiger partial charge in [0.15, 0.2) is 0 Å². The molecule has 1 aliphatic rings. The Morgan fingerprint density at radius 3 is 2.59 bits per heavy atom. The predicted octanol–water partition coefficient (Wildman–Crippen LogP) is 3.98. The van der Waals surface area contributed by atoms with E-state index < -0.39 is 5.82 Å². The number of anilines is 1. The summed E-state index contributed by atoms with van der Waals surface area (Å²) in [5, 5.41) is 7.05. The van der Waals surface area contributed by atoms with Crippen molar-refractivity contribution in [3.05, 3.63) is 64.8 Å². The lowest BCUT2D eigenvalue weighted by molar-refractivity contribution is -0.121. The van der Waals surface area contributed by atoms with Gasteiger partial charge in [-0.15, -0.1) is 0 Å². The van der Waals surface area contributed by atoms with Crippen LogP contribution in [0, 0.1) is 12.7 Å². The molecule has 0 radical (unpaired) electrons. The number of carbonyl (C=O) groups is 1. The maximum Gasteiger partial charge on any atom is 0.241 e. The Bertz CT molecular complexity index is 1080. The molecule has 2 heterocycles. The first-order valence-corrected chi connectivity index (χ1v) is 10.9. The molecule has 9 heteroatoms. The smallest absolute Gasteiger partial charge is 0.241 e. The van der Waals surface area contributed by atoms with E-state index in [0.29, 0.717) is 23.9 Å². The normalized spacial score (nSPS) is 16.1. The summed E-state index contributed by atoms with van der Waals surface area (Å²) in [6.07, 6.45) is 0. The molecule has 1 aromatic heterocycles. The minimum absolute atomic E-state index is 0.174. The highest BCUT2D eigenvalue weighted by atomic mass is 35.5. The van der Waals surface area contributed by atoms with Crippen LogP contribution in [-0.4, -0.2) is 58.1 Å². The molecular weight excluding hydrogens is 433 g/mol. The second kappa shape index (κ2) is 9.77. The van der Waals surface area contributed by atoms with E-state index in [2.05, 4.69) is 25.3 Å². The number of aryl methyl sites for hydroxylation is 1. The second-order valence-electron chi connectivity index (χ2n) is 7.98. The Balaban J connectivity index is 1.28. The molecular formula is C23H25ClFN5O2. The zero-order chi connectivity index (χ0) is 22.7. The number of nitrogens with one attached hydrogen (secondary N) is 1. The van der Waals surface area contributed by atoms with Crippen molar-refractivity contribution in [1.29, 1.82) is 0 Å². The van der Waals surface area contributed by atoms with Crippen molar-refractivity contribution < 1.29 is 13.7 Å². The van der Waals surface area contributed by atoms with Crippen LogP contribution in [0.2, 0.25) is 5.02 Å². The number of rotatable bonds is 6. The third-order valence-electron chi connectivity index (χ3n) is 5.66. The van der Waals surface area contributed by atoms with E-state index in [1.165, 1.54) is 23.8 Å². The molecule has 1 amide bonds. The quantitative estimate of drug-likeness (QED) is 0.603. The molecule has 0 saturated carbocycles. The monoisotopic (exact) mass is 457 g/mol. The van der Waals surface area contributed by atoms with E-state index in [9.17, 15) is 9.18 Å². The molecule has 0 spiro atoms. The Labute approximate surface area is 191 Å². The van der Waals surface area contributed by atoms with Crippen molar-refractivity contribution in [3.63, 3.8) is 0 Å². The molecule has 1 aliphatic heterocycles. The van der Waals surface area contributed by atoms with Gasteiger partial charge in [0, 0.05) is 31.7 Å². The second-order valence-corrected chi connectivity index (χ2v) is 8.39. The molecule has 3 aromatic rings. The number of aromatic nitrogens is 2. The van der Waals surface area contributed by atoms with Gasteiger partial charge in [-0.25, -0.2) is 4.39 Å². The van der Waals surface area contributed by atoms with Crippen LogP contribution < -0.4 is 5.32 Å². The van der Waals surface area contributed by atoms with Gasteiger partial charge in [-0.3, -0.25) is 14.6 Å². The maximum absolute atomic E-state index is 13.2. The summed E-state index contributed by atoms with van der Waals surface area (Å²) in [7, 11) is 0. The fraction of sp³-hybridized carbons (Fsp3) is 0.348. The van der Waals surface area contributed by atoms with Crippen LogP contribution in [0.3, 0.4) is 0 Å². The Kier molecular flexibility index (Phi) is 6.83. The third-order valence-corrected chi connectivity index (χ3v) is 5.97. The standard InChI is InChI=1S/C23H25ClFN5O2/c1-15-3-5-17(6-4-15)22-27-21(32-28-22)14-29-9-11-30(12-10-29)16(2)23(31)26-20-8-7-18(25)13-19(20)24/h3-8,13,16H,9-12,14H2,1-2H3,(H,26,31). The van der Waals surface area contributed by atoms with Crippen LogP contribution in [0.5, 0.6) is 0 Å². The van der Waals surface area contributed by atoms with Crippen LogP contribution in [0.4, 0.5) is 10.1 Å². The van der Waals surface area contributed by atoms with E-state index in [4.69, 9.17) is 16.1 Å². The van der Waals surface area contributed by atoms with Crippen molar-refractivity contribution in [2.24, 2.45) is 0 Å². The van der Waals surface area contributed by atoms with Gasteiger partial charge < -0.3 is 9.84 Å². The summed E-state index contributed by atoms with van der Waals surface area (Å²) in [5.74, 6) is 0.546. The van der Waals surface area contributed by atoms with Gasteiger partial charge in [0.25, 0.3) is 0 Å². The first-order valence-electron chi connectivity index (χ1n) is 10.5. The zero-order valence-corrected chi connectivity index (χ0v) is 18.8. The lowest BCUT2D eigenvalue weighted by atomic mass is 10.1. The number of carbonyl (C=O) groups excluding carboxylic acids is 1. The molecule has 1 atom stereocenters. The SMILES string of the molecule is Cc1ccc(-c2noc(CN3CCN(C(C)C(=O)Nc4ccc(F)cc4Cl)CC3)n2)cc1. The fourth-order valence-corrected chi connectivity index (χ4v) is 3.85. The van der Waals surface area contributed by atoms with Crippen LogP contribution in [0.1, 0.15) is 18.4 Å². The summed E-state index contributed by atoms with van der Waals surface area (Å²) in [5.41, 5.74) is 2.51. The van der Waals surface area contributed by atoms with Gasteiger partial charge in [0.2, 0.25) is 17.6 Å². The number of halogens is 2. The van der Waals surface area contributed by atoms with Crippen molar-refractivity contribution in [1.82, 2.24) is 19.9 Å². The Morgan fingerprint density at radius 2 is 1.91 bits per heavy atom. The average Bonchev–Trinajstić information content (AvgIpc) is 3.24. The highest BCUT2D eigenvalue weighted by Gasteiger charge is 2.27. The summed E-state index contributed by atoms with van der Waals surface area (Å²) in [6, 6.07) is 11.6. The molecule has 32 heavy (non-hydrogen) atoms. The highest BCUT2D eigenvalue weighted by Crippen LogP contribution is 2.23. The average molecular weight is 458 g/mol. The molecule has 2 aromatic carbocycles. The van der Waals surface area contributed by atoms with Crippen LogP contribution in [0.15, 0.2) is 47.0 Å². The minimum Gasteiger partial charge on any atom is -0.338 e. The number of amides is 1. The lowest BCUT2D eigenvalue weighted by Crippen LogP contribution is -2.52. The van der Waals surface area contributed by atoms with Gasteiger partial charge in [-0.1, -0.05) is 46.6 Å². The van der Waals surface area contributed by atoms with Crippen LogP contribution >= 0.6 is 11.6 Å². The van der Waals surface area contributed by atoms with Gasteiger partial charge in [0.05, 0.1) is 23.3 Å². The first kappa shape index (κ1) is 22.4. The fourth-order valence-electron chi connectivity index (χ4n) is 3.63. The number of nitrogens with zero attached hydrogens (tertiary/aromatic N) is 4. The molecule has 1 fully saturated rings. The van der Waals surface area contributed by atoms with E-state index in [1.54, 1.807) is 0 Å². The molecule has 0 aliphatic carbocycles. The predicted molar refractivity (Wildman–Crippen MR) is 121 cm³/mol. The molecule has 7 nitrogen and oxygen atoms in total. The molecule has 1 unspecified atom stereocenters. The highest BCUT2D eigenvalue weighted by molar-refractivity contribution is 6.33. The van der Waals surface area contributed by atoms with Gasteiger partial charge in [0.1, 0.15) is 5.82 Å². The summed E-state index contributed by atoms with van der Waals surface area (Å²) >= 11 is 6.01. The lowest BCUT2D eigenvalue weighted by Gasteiger charge is -2.36. The largest absolute Gasteiger partial charge is 0.338 e. The van der Waals surface area contributed by atoms with Crippen molar-refractivity contribution >= 4 is 23.2 Å². The zero-order valence-electron chi connectivity index (χ0n) is 18.0. The van der Waals surface area contributed by atoms with E-state index in [-0.39, 0.29) is 17.0 Å². The van der Waals surface area contributed by atoms with Crippen molar-refractivity contribution in [3.8, 4) is 11.4 Å². The molecule has 1 N–H and O–H groups in total. The molecule has 168 valence electrons. The first-order chi connectivity index (χ1) is 15.4. The topological polar surface area (TPSA) is 74.5 Å². The number of benzene rings is 2. The van der Waals surface area contributed by atoms with Gasteiger partial charge in [-0.2, -0.15) is 4.98 Å². The minimum atomic E-state index is -0.440. The molecule has 1 saturated heterocycles. The van der Waals surface area contributed by atoms with Crippen LogP contribution in [-0.2, 0) is 11.3 Å². The van der Waals surface area contributed by atoms with Gasteiger partial charge in [-0.05, 0) is 32.0 Å². The molecule has 4 rings (SSSR count). The van der Waals surface area contributed by atoms with Gasteiger partial charge >= 0.3 is 0 Å².